The van der Waals surface area contributed by atoms with Crippen LogP contribution in [0.1, 0.15) is 30.4 Å². The molecule has 1 atom stereocenters. The van der Waals surface area contributed by atoms with Gasteiger partial charge in [0.15, 0.2) is 0 Å². The SMILES string of the molecule is O=C1CCc2cc(S(=O)(=O)N3CCCN(C4CCOC4)CC3)cc3c2N1CC3. The number of nitrogens with zero attached hydrogens (tertiary/aromatic N) is 3. The van der Waals surface area contributed by atoms with Gasteiger partial charge in [-0.3, -0.25) is 9.69 Å². The molecule has 0 saturated carbocycles. The van der Waals surface area contributed by atoms with Crippen molar-refractivity contribution in [3.8, 4) is 0 Å². The number of ether oxygens (including phenoxy) is 1. The Morgan fingerprint density at radius 1 is 0.964 bits per heavy atom. The van der Waals surface area contributed by atoms with Crippen molar-refractivity contribution in [1.82, 2.24) is 9.21 Å². The Bertz CT molecular complexity index is 895. The molecule has 1 aromatic carbocycles. The molecule has 0 aromatic heterocycles. The maximum Gasteiger partial charge on any atom is 0.243 e. The van der Waals surface area contributed by atoms with Crippen molar-refractivity contribution in [2.24, 2.45) is 0 Å². The molecule has 28 heavy (non-hydrogen) atoms. The molecule has 0 N–H and O–H groups in total. The fourth-order valence-corrected chi connectivity index (χ4v) is 6.63. The second kappa shape index (κ2) is 7.09. The quantitative estimate of drug-likeness (QED) is 0.751. The summed E-state index contributed by atoms with van der Waals surface area (Å²) in [7, 11) is -3.52. The van der Waals surface area contributed by atoms with E-state index in [1.165, 1.54) is 0 Å². The number of carbonyl (C=O) groups excluding carboxylic acids is 1. The second-order valence-corrected chi connectivity index (χ2v) is 10.1. The van der Waals surface area contributed by atoms with Gasteiger partial charge in [-0.25, -0.2) is 8.42 Å². The maximum absolute atomic E-state index is 13.4. The highest BCUT2D eigenvalue weighted by atomic mass is 32.2. The average molecular weight is 406 g/mol. The molecule has 1 unspecified atom stereocenters. The van der Waals surface area contributed by atoms with Gasteiger partial charge >= 0.3 is 0 Å². The van der Waals surface area contributed by atoms with Crippen LogP contribution in [0.2, 0.25) is 0 Å². The van der Waals surface area contributed by atoms with Crippen molar-refractivity contribution in [3.63, 3.8) is 0 Å². The summed E-state index contributed by atoms with van der Waals surface area (Å²) in [5.41, 5.74) is 2.98. The number of benzene rings is 1. The van der Waals surface area contributed by atoms with Crippen LogP contribution in [0, 0.1) is 0 Å². The molecule has 0 radical (unpaired) electrons. The minimum absolute atomic E-state index is 0.158. The number of amides is 1. The van der Waals surface area contributed by atoms with E-state index in [4.69, 9.17) is 4.74 Å². The third kappa shape index (κ3) is 3.07. The minimum atomic E-state index is -3.52. The molecule has 4 heterocycles. The van der Waals surface area contributed by atoms with Gasteiger partial charge in [0.2, 0.25) is 15.9 Å². The Balaban J connectivity index is 1.39. The lowest BCUT2D eigenvalue weighted by Gasteiger charge is -2.27. The fourth-order valence-electron chi connectivity index (χ4n) is 5.05. The van der Waals surface area contributed by atoms with Crippen LogP contribution >= 0.6 is 0 Å². The van der Waals surface area contributed by atoms with E-state index in [1.54, 1.807) is 10.4 Å². The third-order valence-electron chi connectivity index (χ3n) is 6.57. The number of carbonyl (C=O) groups is 1. The first-order chi connectivity index (χ1) is 13.5. The first-order valence-corrected chi connectivity index (χ1v) is 11.8. The number of hydrogen-bond acceptors (Lipinski definition) is 5. The van der Waals surface area contributed by atoms with Gasteiger partial charge < -0.3 is 9.64 Å². The standard InChI is InChI=1S/C20H27N3O4S/c24-19-3-2-15-12-18(13-16-4-8-23(19)20(15)16)28(25,26)22-7-1-6-21(9-10-22)17-5-11-27-14-17/h12-13,17H,1-11,14H2. The van der Waals surface area contributed by atoms with E-state index in [9.17, 15) is 13.2 Å². The smallest absolute Gasteiger partial charge is 0.243 e. The number of hydrogen-bond donors (Lipinski definition) is 0. The lowest BCUT2D eigenvalue weighted by Crippen LogP contribution is -2.39. The van der Waals surface area contributed by atoms with Crippen LogP contribution in [0.5, 0.6) is 0 Å². The number of sulfonamides is 1. The Morgan fingerprint density at radius 3 is 2.57 bits per heavy atom. The van der Waals surface area contributed by atoms with Gasteiger partial charge in [-0.2, -0.15) is 4.31 Å². The van der Waals surface area contributed by atoms with Crippen LogP contribution in [0.15, 0.2) is 17.0 Å². The molecule has 0 spiro atoms. The summed E-state index contributed by atoms with van der Waals surface area (Å²) < 4.78 is 34.0. The second-order valence-electron chi connectivity index (χ2n) is 8.20. The van der Waals surface area contributed by atoms with E-state index >= 15 is 0 Å². The molecule has 0 bridgehead atoms. The molecule has 152 valence electrons. The highest BCUT2D eigenvalue weighted by Crippen LogP contribution is 2.39. The van der Waals surface area contributed by atoms with Crippen molar-refractivity contribution in [1.29, 1.82) is 0 Å². The van der Waals surface area contributed by atoms with Gasteiger partial charge in [0, 0.05) is 45.2 Å². The summed E-state index contributed by atoms with van der Waals surface area (Å²) >= 11 is 0. The Kier molecular flexibility index (Phi) is 4.70. The summed E-state index contributed by atoms with van der Waals surface area (Å²) in [6.07, 6.45) is 3.73. The van der Waals surface area contributed by atoms with E-state index in [0.29, 0.717) is 43.4 Å². The van der Waals surface area contributed by atoms with Crippen LogP contribution < -0.4 is 4.90 Å². The normalized spacial score (nSPS) is 26.5. The molecule has 0 aliphatic carbocycles. The molecule has 4 aliphatic heterocycles. The average Bonchev–Trinajstić information content (AvgIpc) is 3.30. The number of rotatable bonds is 3. The van der Waals surface area contributed by atoms with Gasteiger partial charge in [0.05, 0.1) is 17.2 Å². The van der Waals surface area contributed by atoms with Gasteiger partial charge in [0.1, 0.15) is 0 Å². The molecule has 2 saturated heterocycles. The molecule has 5 rings (SSSR count). The van der Waals surface area contributed by atoms with Crippen LogP contribution in [0.25, 0.3) is 0 Å². The molecule has 1 aromatic rings. The van der Waals surface area contributed by atoms with Crippen LogP contribution in [0.4, 0.5) is 5.69 Å². The van der Waals surface area contributed by atoms with Crippen molar-refractivity contribution in [3.05, 3.63) is 23.3 Å². The molecule has 7 nitrogen and oxygen atoms in total. The van der Waals surface area contributed by atoms with Crippen LogP contribution in [0.3, 0.4) is 0 Å². The van der Waals surface area contributed by atoms with Gasteiger partial charge in [-0.1, -0.05) is 0 Å². The summed E-state index contributed by atoms with van der Waals surface area (Å²) in [5, 5.41) is 0. The highest BCUT2D eigenvalue weighted by Gasteiger charge is 2.35. The van der Waals surface area contributed by atoms with E-state index in [0.717, 1.165) is 62.4 Å². The predicted octanol–water partition coefficient (Wildman–Crippen LogP) is 1.01. The van der Waals surface area contributed by atoms with E-state index < -0.39 is 10.0 Å². The summed E-state index contributed by atoms with van der Waals surface area (Å²) in [6, 6.07) is 4.04. The monoisotopic (exact) mass is 405 g/mol. The van der Waals surface area contributed by atoms with Gasteiger partial charge in [-0.05, 0) is 55.5 Å². The van der Waals surface area contributed by atoms with Crippen LogP contribution in [-0.4, -0.2) is 75.5 Å². The molecular formula is C20H27N3O4S. The largest absolute Gasteiger partial charge is 0.380 e. The zero-order valence-electron chi connectivity index (χ0n) is 16.1. The molecule has 2 fully saturated rings. The van der Waals surface area contributed by atoms with Gasteiger partial charge in [-0.15, -0.1) is 0 Å². The Morgan fingerprint density at radius 2 is 1.79 bits per heavy atom. The predicted molar refractivity (Wildman–Crippen MR) is 105 cm³/mol. The maximum atomic E-state index is 13.4. The Labute approximate surface area is 166 Å². The zero-order valence-corrected chi connectivity index (χ0v) is 16.9. The lowest BCUT2D eigenvalue weighted by atomic mass is 10.00. The van der Waals surface area contributed by atoms with E-state index in [-0.39, 0.29) is 5.91 Å². The first kappa shape index (κ1) is 18.5. The van der Waals surface area contributed by atoms with E-state index in [1.807, 2.05) is 11.0 Å². The molecule has 1 amide bonds. The first-order valence-electron chi connectivity index (χ1n) is 10.3. The topological polar surface area (TPSA) is 70.2 Å². The molecule has 4 aliphatic rings. The Hall–Kier alpha value is -1.48. The number of anilines is 1. The van der Waals surface area contributed by atoms with Crippen molar-refractivity contribution < 1.29 is 17.9 Å². The third-order valence-corrected chi connectivity index (χ3v) is 8.45. The van der Waals surface area contributed by atoms with E-state index in [2.05, 4.69) is 4.90 Å². The zero-order chi connectivity index (χ0) is 19.3. The summed E-state index contributed by atoms with van der Waals surface area (Å²) in [6.45, 7) is 5.00. The van der Waals surface area contributed by atoms with Crippen molar-refractivity contribution in [2.75, 3.05) is 50.8 Å². The van der Waals surface area contributed by atoms with Crippen LogP contribution in [-0.2, 0) is 32.4 Å². The number of aryl methyl sites for hydroxylation is 1. The fraction of sp³-hybridized carbons (Fsp3) is 0.650. The lowest BCUT2D eigenvalue weighted by molar-refractivity contribution is -0.118. The molecule has 8 heteroatoms. The highest BCUT2D eigenvalue weighted by molar-refractivity contribution is 7.89. The van der Waals surface area contributed by atoms with Crippen molar-refractivity contribution >= 4 is 21.6 Å². The summed E-state index contributed by atoms with van der Waals surface area (Å²) in [4.78, 5) is 16.7. The molecular weight excluding hydrogens is 378 g/mol. The minimum Gasteiger partial charge on any atom is -0.380 e. The summed E-state index contributed by atoms with van der Waals surface area (Å²) in [5.74, 6) is 0.158. The van der Waals surface area contributed by atoms with Crippen molar-refractivity contribution in [2.45, 2.75) is 43.0 Å². The van der Waals surface area contributed by atoms with Gasteiger partial charge in [0.25, 0.3) is 0 Å².